The molecule has 7 heteroatoms. The molecule has 1 heterocycles. The Bertz CT molecular complexity index is 1160. The molecule has 5 nitrogen and oxygen atoms in total. The molecule has 36 heavy (non-hydrogen) atoms. The van der Waals surface area contributed by atoms with Crippen LogP contribution in [-0.2, 0) is 17.6 Å². The van der Waals surface area contributed by atoms with Crippen LogP contribution in [0.15, 0.2) is 72.8 Å². The lowest BCUT2D eigenvalue weighted by Crippen LogP contribution is -2.24. The molecule has 0 atom stereocenters. The number of hydrogen-bond acceptors (Lipinski definition) is 4. The number of aryl methyl sites for hydroxylation is 2. The fourth-order valence-electron chi connectivity index (χ4n) is 4.14. The second-order valence-electron chi connectivity index (χ2n) is 8.62. The van der Waals surface area contributed by atoms with Gasteiger partial charge in [0.25, 0.3) is 0 Å². The molecule has 1 aliphatic rings. The Labute approximate surface area is 225 Å². The van der Waals surface area contributed by atoms with Crippen LogP contribution in [-0.4, -0.2) is 50.3 Å². The summed E-state index contributed by atoms with van der Waals surface area (Å²) in [5.41, 5.74) is 6.19. The highest BCUT2D eigenvalue weighted by atomic mass is 35.5. The van der Waals surface area contributed by atoms with Crippen LogP contribution in [0.1, 0.15) is 23.1 Å². The maximum absolute atomic E-state index is 10.2. The smallest absolute Gasteiger partial charge is 0.328 e. The average molecular weight is 530 g/mol. The van der Waals surface area contributed by atoms with E-state index in [9.17, 15) is 4.79 Å². The van der Waals surface area contributed by atoms with Crippen LogP contribution in [0.4, 0.5) is 11.4 Å². The third kappa shape index (κ3) is 8.30. The fourth-order valence-corrected chi connectivity index (χ4v) is 4.30. The van der Waals surface area contributed by atoms with Crippen molar-refractivity contribution in [2.24, 2.45) is 0 Å². The Kier molecular flexibility index (Phi) is 11.8. The Hall–Kier alpha value is -2.99. The van der Waals surface area contributed by atoms with E-state index in [0.29, 0.717) is 5.75 Å². The minimum Gasteiger partial charge on any atom is -0.496 e. The number of rotatable bonds is 7. The van der Waals surface area contributed by atoms with Gasteiger partial charge in [0.2, 0.25) is 0 Å². The fraction of sp³-hybridized carbons (Fsp3) is 0.276. The number of anilines is 2. The number of carboxylic acids is 1. The number of aliphatic carboxylic acids is 1. The second kappa shape index (κ2) is 14.5. The summed E-state index contributed by atoms with van der Waals surface area (Å²) in [4.78, 5) is 14.9. The largest absolute Gasteiger partial charge is 0.496 e. The number of fused-ring (bicyclic) bond motifs is 2. The summed E-state index contributed by atoms with van der Waals surface area (Å²) in [5, 5.41) is 9.23. The lowest BCUT2D eigenvalue weighted by atomic mass is 10.0. The van der Waals surface area contributed by atoms with Crippen LogP contribution in [0.2, 0.25) is 5.02 Å². The summed E-state index contributed by atoms with van der Waals surface area (Å²) >= 11 is 6.27. The lowest BCUT2D eigenvalue weighted by molar-refractivity contribution is -0.131. The molecule has 0 unspecified atom stereocenters. The van der Waals surface area contributed by atoms with Gasteiger partial charge in [0.05, 0.1) is 7.11 Å². The lowest BCUT2D eigenvalue weighted by Gasteiger charge is -2.27. The minimum atomic E-state index is -0.967. The van der Waals surface area contributed by atoms with Crippen LogP contribution < -0.4 is 9.64 Å². The molecule has 0 aliphatic carbocycles. The predicted octanol–water partition coefficient (Wildman–Crippen LogP) is 6.74. The van der Waals surface area contributed by atoms with Crippen molar-refractivity contribution in [2.75, 3.05) is 39.2 Å². The van der Waals surface area contributed by atoms with Crippen molar-refractivity contribution in [1.29, 1.82) is 0 Å². The molecule has 192 valence electrons. The van der Waals surface area contributed by atoms with Gasteiger partial charge in [0.15, 0.2) is 0 Å². The molecule has 1 N–H and O–H groups in total. The number of halogens is 2. The number of para-hydroxylation sites is 2. The summed E-state index contributed by atoms with van der Waals surface area (Å²) in [6.45, 7) is 2.11. The number of carbonyl (C=O) groups is 1. The molecule has 0 amide bonds. The number of nitrogens with zero attached hydrogens (tertiary/aromatic N) is 2. The normalized spacial score (nSPS) is 12.1. The number of ether oxygens (including phenoxy) is 1. The van der Waals surface area contributed by atoms with E-state index in [4.69, 9.17) is 21.4 Å². The summed E-state index contributed by atoms with van der Waals surface area (Å²) in [7, 11) is 5.80. The molecule has 0 radical (unpaired) electrons. The third-order valence-electron chi connectivity index (χ3n) is 5.82. The van der Waals surface area contributed by atoms with Gasteiger partial charge in [-0.05, 0) is 81.4 Å². The molecule has 1 aliphatic heterocycles. The van der Waals surface area contributed by atoms with Gasteiger partial charge < -0.3 is 19.6 Å². The van der Waals surface area contributed by atoms with E-state index in [-0.39, 0.29) is 12.4 Å². The first-order valence-electron chi connectivity index (χ1n) is 11.7. The highest BCUT2D eigenvalue weighted by molar-refractivity contribution is 6.30. The molecule has 0 spiro atoms. The second-order valence-corrected chi connectivity index (χ2v) is 9.06. The minimum absolute atomic E-state index is 0. The first kappa shape index (κ1) is 29.2. The molecule has 3 aromatic rings. The number of methoxy groups -OCH3 is 1. The Morgan fingerprint density at radius 3 is 2.39 bits per heavy atom. The number of carboxylic acid groups (broad SMARTS) is 1. The van der Waals surface area contributed by atoms with E-state index in [1.165, 1.54) is 28.6 Å². The molecule has 0 bridgehead atoms. The molecule has 0 fully saturated rings. The predicted molar refractivity (Wildman–Crippen MR) is 152 cm³/mol. The van der Waals surface area contributed by atoms with Crippen molar-refractivity contribution in [3.8, 4) is 5.75 Å². The monoisotopic (exact) mass is 528 g/mol. The van der Waals surface area contributed by atoms with Gasteiger partial charge in [-0.2, -0.15) is 0 Å². The van der Waals surface area contributed by atoms with Crippen LogP contribution in [0.3, 0.4) is 0 Å². The Balaban J connectivity index is 0.000000281. The van der Waals surface area contributed by atoms with Crippen molar-refractivity contribution in [3.63, 3.8) is 0 Å². The number of benzene rings is 3. The van der Waals surface area contributed by atoms with Gasteiger partial charge in [0, 0.05) is 34.6 Å². The molecule has 0 saturated carbocycles. The zero-order chi connectivity index (χ0) is 25.2. The third-order valence-corrected chi connectivity index (χ3v) is 6.05. The standard InChI is InChI=1S/C19H23ClN2.C10H10O3.ClH/c1-21(2)12-5-13-22-18-7-4-3-6-15(18)8-9-16-10-11-17(20)14-19(16)22;1-13-9-5-3-2-4-8(9)6-7-10(11)12;/h3-4,6-7,10-11,14H,5,8-9,12-13H2,1-2H3;2-7H,1H3,(H,11,12);1H. The van der Waals surface area contributed by atoms with Gasteiger partial charge in [-0.25, -0.2) is 4.79 Å². The van der Waals surface area contributed by atoms with Crippen molar-refractivity contribution in [3.05, 3.63) is 94.5 Å². The van der Waals surface area contributed by atoms with Crippen LogP contribution in [0.5, 0.6) is 5.75 Å². The highest BCUT2D eigenvalue weighted by Crippen LogP contribution is 2.37. The molecular formula is C29H34Cl2N2O3. The first-order valence-corrected chi connectivity index (χ1v) is 12.1. The van der Waals surface area contributed by atoms with Gasteiger partial charge in [-0.3, -0.25) is 0 Å². The van der Waals surface area contributed by atoms with E-state index >= 15 is 0 Å². The zero-order valence-electron chi connectivity index (χ0n) is 21.0. The molecule has 4 rings (SSSR count). The maximum Gasteiger partial charge on any atom is 0.328 e. The molecule has 3 aromatic carbocycles. The van der Waals surface area contributed by atoms with Gasteiger partial charge in [-0.1, -0.05) is 54.1 Å². The van der Waals surface area contributed by atoms with Gasteiger partial charge in [0.1, 0.15) is 5.75 Å². The Morgan fingerprint density at radius 2 is 1.69 bits per heavy atom. The van der Waals surface area contributed by atoms with Crippen LogP contribution >= 0.6 is 24.0 Å². The highest BCUT2D eigenvalue weighted by Gasteiger charge is 2.20. The molecule has 0 saturated heterocycles. The van der Waals surface area contributed by atoms with Crippen molar-refractivity contribution in [2.45, 2.75) is 19.3 Å². The van der Waals surface area contributed by atoms with E-state index in [1.807, 2.05) is 18.2 Å². The van der Waals surface area contributed by atoms with E-state index in [2.05, 4.69) is 60.3 Å². The first-order chi connectivity index (χ1) is 16.9. The SMILES string of the molecule is CN(C)CCCN1c2ccccc2CCc2ccc(Cl)cc21.COc1ccccc1C=CC(=O)O.Cl. The average Bonchev–Trinajstić information content (AvgIpc) is 3.00. The van der Waals surface area contributed by atoms with E-state index in [0.717, 1.165) is 49.0 Å². The topological polar surface area (TPSA) is 53.0 Å². The summed E-state index contributed by atoms with van der Waals surface area (Å²) in [5.74, 6) is -0.300. The van der Waals surface area contributed by atoms with Crippen LogP contribution in [0.25, 0.3) is 6.08 Å². The molecule has 0 aromatic heterocycles. The van der Waals surface area contributed by atoms with Crippen molar-refractivity contribution < 1.29 is 14.6 Å². The summed E-state index contributed by atoms with van der Waals surface area (Å²) < 4.78 is 5.03. The van der Waals surface area contributed by atoms with Gasteiger partial charge >= 0.3 is 5.97 Å². The van der Waals surface area contributed by atoms with Crippen LogP contribution in [0, 0.1) is 0 Å². The van der Waals surface area contributed by atoms with E-state index < -0.39 is 5.97 Å². The summed E-state index contributed by atoms with van der Waals surface area (Å²) in [6, 6.07) is 22.3. The van der Waals surface area contributed by atoms with Gasteiger partial charge in [-0.15, -0.1) is 12.4 Å². The summed E-state index contributed by atoms with van der Waals surface area (Å²) in [6.07, 6.45) is 5.88. The molecular weight excluding hydrogens is 495 g/mol. The maximum atomic E-state index is 10.2. The quantitative estimate of drug-likeness (QED) is 0.344. The van der Waals surface area contributed by atoms with Crippen molar-refractivity contribution >= 4 is 47.4 Å². The Morgan fingerprint density at radius 1 is 1.03 bits per heavy atom. The number of hydrogen-bond donors (Lipinski definition) is 1. The van der Waals surface area contributed by atoms with Crippen molar-refractivity contribution in [1.82, 2.24) is 4.90 Å². The van der Waals surface area contributed by atoms with E-state index in [1.54, 1.807) is 19.2 Å². The zero-order valence-corrected chi connectivity index (χ0v) is 22.6.